The lowest BCUT2D eigenvalue weighted by Crippen LogP contribution is -2.42. The second-order valence-corrected chi connectivity index (χ2v) is 9.24. The highest BCUT2D eigenvalue weighted by atomic mass is 32.2. The first-order valence-electron chi connectivity index (χ1n) is 7.59. The van der Waals surface area contributed by atoms with E-state index in [1.807, 2.05) is 0 Å². The summed E-state index contributed by atoms with van der Waals surface area (Å²) in [6.07, 6.45) is 0.827. The molecule has 0 aliphatic rings. The Hall–Kier alpha value is -1.33. The van der Waals surface area contributed by atoms with Gasteiger partial charge in [0.15, 0.2) is 11.5 Å². The maximum atomic E-state index is 11.3. The third-order valence-electron chi connectivity index (χ3n) is 3.74. The van der Waals surface area contributed by atoms with Gasteiger partial charge in [-0.3, -0.25) is 10.1 Å². The van der Waals surface area contributed by atoms with Gasteiger partial charge in [-0.1, -0.05) is 0 Å². The van der Waals surface area contributed by atoms with Crippen molar-refractivity contribution < 1.29 is 27.7 Å². The summed E-state index contributed by atoms with van der Waals surface area (Å²) in [5, 5.41) is 11.3. The molecule has 8 nitrogen and oxygen atoms in total. The SMILES string of the molecule is COc1cc(CSCCC[Si](OC)(OC)OC)c([N+](=O)[O-])cc1OC. The number of ether oxygens (including phenoxy) is 2. The van der Waals surface area contributed by atoms with Gasteiger partial charge in [-0.05, 0) is 18.2 Å². The first-order valence-corrected chi connectivity index (χ1v) is 10.7. The molecule has 0 saturated heterocycles. The zero-order chi connectivity index (χ0) is 18.9. The number of rotatable bonds is 12. The predicted molar refractivity (Wildman–Crippen MR) is 98.6 cm³/mol. The number of hydrogen-bond donors (Lipinski definition) is 0. The van der Waals surface area contributed by atoms with E-state index in [0.717, 1.165) is 12.2 Å². The molecule has 0 atom stereocenters. The minimum absolute atomic E-state index is 0.0274. The fourth-order valence-corrected chi connectivity index (χ4v) is 5.25. The zero-order valence-electron chi connectivity index (χ0n) is 15.2. The molecule has 142 valence electrons. The number of thioether (sulfide) groups is 1. The largest absolute Gasteiger partial charge is 0.500 e. The Bertz CT molecular complexity index is 561. The van der Waals surface area contributed by atoms with E-state index < -0.39 is 13.7 Å². The van der Waals surface area contributed by atoms with Gasteiger partial charge in [0.1, 0.15) is 0 Å². The second-order valence-electron chi connectivity index (χ2n) is 5.04. The molecule has 0 bridgehead atoms. The number of benzene rings is 1. The number of nitro benzene ring substituents is 1. The Morgan fingerprint density at radius 3 is 2.08 bits per heavy atom. The fraction of sp³-hybridized carbons (Fsp3) is 0.600. The first-order chi connectivity index (χ1) is 12.0. The topological polar surface area (TPSA) is 89.3 Å². The van der Waals surface area contributed by atoms with Crippen LogP contribution in [-0.2, 0) is 19.0 Å². The van der Waals surface area contributed by atoms with Crippen LogP contribution in [0, 0.1) is 10.1 Å². The summed E-state index contributed by atoms with van der Waals surface area (Å²) in [6, 6.07) is 3.74. The number of nitro groups is 1. The van der Waals surface area contributed by atoms with Crippen molar-refractivity contribution in [2.75, 3.05) is 41.3 Å². The average Bonchev–Trinajstić information content (AvgIpc) is 2.64. The Balaban J connectivity index is 2.69. The molecule has 0 unspecified atom stereocenters. The zero-order valence-corrected chi connectivity index (χ0v) is 17.0. The van der Waals surface area contributed by atoms with E-state index in [1.54, 1.807) is 39.2 Å². The van der Waals surface area contributed by atoms with Crippen LogP contribution >= 0.6 is 11.8 Å². The Morgan fingerprint density at radius 1 is 1.04 bits per heavy atom. The van der Waals surface area contributed by atoms with Crippen LogP contribution in [0.4, 0.5) is 5.69 Å². The summed E-state index contributed by atoms with van der Waals surface area (Å²) in [5.41, 5.74) is 0.626. The van der Waals surface area contributed by atoms with E-state index in [1.165, 1.54) is 20.3 Å². The van der Waals surface area contributed by atoms with Crippen LogP contribution in [-0.4, -0.2) is 55.0 Å². The van der Waals surface area contributed by atoms with E-state index in [2.05, 4.69) is 0 Å². The Kier molecular flexibility index (Phi) is 9.21. The summed E-state index contributed by atoms with van der Waals surface area (Å²) < 4.78 is 26.5. The van der Waals surface area contributed by atoms with Crippen molar-refractivity contribution in [1.29, 1.82) is 0 Å². The van der Waals surface area contributed by atoms with E-state index in [-0.39, 0.29) is 5.69 Å². The van der Waals surface area contributed by atoms with Crippen molar-refractivity contribution in [2.45, 2.75) is 18.2 Å². The Labute approximate surface area is 153 Å². The van der Waals surface area contributed by atoms with Gasteiger partial charge in [-0.15, -0.1) is 0 Å². The van der Waals surface area contributed by atoms with Crippen molar-refractivity contribution in [1.82, 2.24) is 0 Å². The van der Waals surface area contributed by atoms with Gasteiger partial charge in [0.2, 0.25) is 0 Å². The van der Waals surface area contributed by atoms with Crippen LogP contribution in [0.25, 0.3) is 0 Å². The molecule has 0 heterocycles. The standard InChI is InChI=1S/C15H25NO7SSi/c1-19-14-9-12(13(16(17)18)10-15(14)20-2)11-24-7-6-8-25(21-3,22-4)23-5/h9-10H,6-8,11H2,1-5H3. The maximum absolute atomic E-state index is 11.3. The van der Waals surface area contributed by atoms with Crippen molar-refractivity contribution >= 4 is 26.3 Å². The maximum Gasteiger partial charge on any atom is 0.500 e. The van der Waals surface area contributed by atoms with Crippen molar-refractivity contribution in [3.05, 3.63) is 27.8 Å². The first kappa shape index (κ1) is 21.7. The molecule has 1 aromatic carbocycles. The monoisotopic (exact) mass is 391 g/mol. The lowest BCUT2D eigenvalue weighted by atomic mass is 10.2. The molecule has 1 rings (SSSR count). The molecule has 0 N–H and O–H groups in total. The van der Waals surface area contributed by atoms with Gasteiger partial charge in [-0.2, -0.15) is 11.8 Å². The molecule has 0 aliphatic heterocycles. The molecule has 0 fully saturated rings. The molecular formula is C15H25NO7SSi. The molecule has 1 aromatic rings. The molecule has 0 amide bonds. The van der Waals surface area contributed by atoms with Gasteiger partial charge in [0.25, 0.3) is 5.69 Å². The highest BCUT2D eigenvalue weighted by Crippen LogP contribution is 2.36. The summed E-state index contributed by atoms with van der Waals surface area (Å²) in [5.74, 6) is 2.13. The quantitative estimate of drug-likeness (QED) is 0.232. The molecular weight excluding hydrogens is 366 g/mol. The molecule has 0 aliphatic carbocycles. The van der Waals surface area contributed by atoms with Crippen LogP contribution in [0.15, 0.2) is 12.1 Å². The average molecular weight is 392 g/mol. The third-order valence-corrected chi connectivity index (χ3v) is 7.67. The number of hydrogen-bond acceptors (Lipinski definition) is 8. The molecule has 0 aromatic heterocycles. The van der Waals surface area contributed by atoms with Gasteiger partial charge in [-0.25, -0.2) is 0 Å². The van der Waals surface area contributed by atoms with E-state index >= 15 is 0 Å². The van der Waals surface area contributed by atoms with E-state index in [0.29, 0.717) is 28.9 Å². The second kappa shape index (κ2) is 10.6. The van der Waals surface area contributed by atoms with Crippen LogP contribution in [0.5, 0.6) is 11.5 Å². The highest BCUT2D eigenvalue weighted by Gasteiger charge is 2.36. The summed E-state index contributed by atoms with van der Waals surface area (Å²) in [6.45, 7) is 0. The van der Waals surface area contributed by atoms with Crippen molar-refractivity contribution in [3.8, 4) is 11.5 Å². The van der Waals surface area contributed by atoms with E-state index in [9.17, 15) is 10.1 Å². The summed E-state index contributed by atoms with van der Waals surface area (Å²) >= 11 is 1.60. The minimum atomic E-state index is -2.56. The van der Waals surface area contributed by atoms with Crippen LogP contribution in [0.3, 0.4) is 0 Å². The smallest absolute Gasteiger partial charge is 0.493 e. The lowest BCUT2D eigenvalue weighted by Gasteiger charge is -2.24. The fourth-order valence-electron chi connectivity index (χ4n) is 2.32. The minimum Gasteiger partial charge on any atom is -0.493 e. The lowest BCUT2D eigenvalue weighted by molar-refractivity contribution is -0.385. The van der Waals surface area contributed by atoms with Gasteiger partial charge >= 0.3 is 8.80 Å². The van der Waals surface area contributed by atoms with Gasteiger partial charge in [0, 0.05) is 38.7 Å². The van der Waals surface area contributed by atoms with Crippen LogP contribution in [0.2, 0.25) is 6.04 Å². The third kappa shape index (κ3) is 5.85. The molecule has 0 spiro atoms. The summed E-state index contributed by atoms with van der Waals surface area (Å²) in [4.78, 5) is 10.9. The number of methoxy groups -OCH3 is 2. The van der Waals surface area contributed by atoms with Gasteiger partial charge in [0.05, 0.1) is 25.2 Å². The van der Waals surface area contributed by atoms with Gasteiger partial charge < -0.3 is 22.8 Å². The highest BCUT2D eigenvalue weighted by molar-refractivity contribution is 7.98. The molecule has 0 saturated carbocycles. The van der Waals surface area contributed by atoms with Crippen molar-refractivity contribution in [2.24, 2.45) is 0 Å². The normalized spacial score (nSPS) is 11.4. The van der Waals surface area contributed by atoms with Crippen molar-refractivity contribution in [3.63, 3.8) is 0 Å². The molecule has 10 heteroatoms. The Morgan fingerprint density at radius 2 is 1.60 bits per heavy atom. The van der Waals surface area contributed by atoms with E-state index in [4.69, 9.17) is 22.8 Å². The summed E-state index contributed by atoms with van der Waals surface area (Å²) in [7, 11) is 5.14. The van der Waals surface area contributed by atoms with Crippen LogP contribution < -0.4 is 9.47 Å². The van der Waals surface area contributed by atoms with Crippen LogP contribution in [0.1, 0.15) is 12.0 Å². The molecule has 0 radical (unpaired) electrons. The predicted octanol–water partition coefficient (Wildman–Crippen LogP) is 3.11. The number of nitrogens with zero attached hydrogens (tertiary/aromatic N) is 1. The molecule has 25 heavy (non-hydrogen) atoms.